The Hall–Kier alpha value is -2.56. The summed E-state index contributed by atoms with van der Waals surface area (Å²) in [4.78, 5) is 25.0. The van der Waals surface area contributed by atoms with Crippen molar-refractivity contribution in [3.63, 3.8) is 0 Å². The van der Waals surface area contributed by atoms with Gasteiger partial charge < -0.3 is 0 Å². The van der Waals surface area contributed by atoms with E-state index in [2.05, 4.69) is 74.5 Å². The Bertz CT molecular complexity index is 1200. The molecule has 0 aliphatic carbocycles. The number of benzene rings is 4. The fourth-order valence-corrected chi connectivity index (χ4v) is 6.23. The molecule has 0 saturated heterocycles. The maximum atomic E-state index is 12.5. The van der Waals surface area contributed by atoms with Gasteiger partial charge in [-0.3, -0.25) is 9.59 Å². The van der Waals surface area contributed by atoms with Crippen LogP contribution in [-0.2, 0) is 9.59 Å². The minimum atomic E-state index is 0.187. The number of Topliss-reactive ketones (excluding diaryl/α,β-unsaturated/α-hetero) is 2. The van der Waals surface area contributed by atoms with Crippen molar-refractivity contribution in [1.82, 2.24) is 0 Å². The molecule has 4 rings (SSSR count). The van der Waals surface area contributed by atoms with E-state index in [1.807, 2.05) is 24.3 Å². The lowest BCUT2D eigenvalue weighted by atomic mass is 9.94. The summed E-state index contributed by atoms with van der Waals surface area (Å²) in [6, 6.07) is 29.5. The number of carbonyl (C=O) groups excluding carboxylic acids is 2. The Labute approximate surface area is 209 Å². The maximum Gasteiger partial charge on any atom is 0.144 e. The molecular weight excluding hydrogens is 456 g/mol. The van der Waals surface area contributed by atoms with Crippen molar-refractivity contribution < 1.29 is 9.59 Å². The van der Waals surface area contributed by atoms with Crippen LogP contribution in [0.3, 0.4) is 0 Å². The maximum absolute atomic E-state index is 12.5. The van der Waals surface area contributed by atoms with Gasteiger partial charge in [0.05, 0.1) is 11.5 Å². The Balaban J connectivity index is 1.18. The monoisotopic (exact) mass is 486 g/mol. The van der Waals surface area contributed by atoms with E-state index in [1.54, 1.807) is 0 Å². The van der Waals surface area contributed by atoms with Gasteiger partial charge in [-0.15, -0.1) is 0 Å². The van der Waals surface area contributed by atoms with Crippen molar-refractivity contribution in [2.45, 2.75) is 38.5 Å². The molecule has 4 heteroatoms. The molecule has 0 N–H and O–H groups in total. The number of carbonyl (C=O) groups is 2. The third-order valence-electron chi connectivity index (χ3n) is 6.28. The summed E-state index contributed by atoms with van der Waals surface area (Å²) in [5, 5.41) is 4.86. The average molecular weight is 487 g/mol. The lowest BCUT2D eigenvalue weighted by Gasteiger charge is -2.13. The molecule has 0 aliphatic rings. The molecule has 4 aromatic carbocycles. The summed E-state index contributed by atoms with van der Waals surface area (Å²) >= 11 is 0. The minimum absolute atomic E-state index is 0.187. The largest absolute Gasteiger partial charge is 0.299 e. The van der Waals surface area contributed by atoms with Crippen LogP contribution >= 0.6 is 21.6 Å². The smallest absolute Gasteiger partial charge is 0.144 e. The fourth-order valence-electron chi connectivity index (χ4n) is 4.28. The topological polar surface area (TPSA) is 34.1 Å². The van der Waals surface area contributed by atoms with E-state index in [1.165, 1.54) is 54.3 Å². The molecule has 0 heterocycles. The highest BCUT2D eigenvalue weighted by Gasteiger charge is 2.14. The molecule has 2 atom stereocenters. The van der Waals surface area contributed by atoms with Crippen molar-refractivity contribution >= 4 is 54.7 Å². The van der Waals surface area contributed by atoms with Gasteiger partial charge in [-0.2, -0.15) is 0 Å². The Morgan fingerprint density at radius 1 is 0.588 bits per heavy atom. The number of hydrogen-bond acceptors (Lipinski definition) is 4. The van der Waals surface area contributed by atoms with Gasteiger partial charge in [0.1, 0.15) is 11.6 Å². The second kappa shape index (κ2) is 11.7. The first kappa shape index (κ1) is 24.6. The predicted octanol–water partition coefficient (Wildman–Crippen LogP) is 8.20. The average Bonchev–Trinajstić information content (AvgIpc) is 2.86. The minimum Gasteiger partial charge on any atom is -0.299 e. The molecule has 4 aromatic rings. The summed E-state index contributed by atoms with van der Waals surface area (Å²) in [5.41, 5.74) is 2.39. The Morgan fingerprint density at radius 2 is 0.971 bits per heavy atom. The second-order valence-electron chi connectivity index (χ2n) is 9.03. The number of fused-ring (bicyclic) bond motifs is 2. The lowest BCUT2D eigenvalue weighted by Crippen LogP contribution is -2.08. The molecule has 0 aromatic heterocycles. The molecule has 0 aliphatic heterocycles. The number of rotatable bonds is 11. The highest BCUT2D eigenvalue weighted by molar-refractivity contribution is 8.77. The normalized spacial score (nSPS) is 13.1. The van der Waals surface area contributed by atoms with Gasteiger partial charge in [0, 0.05) is 12.8 Å². The Kier molecular flexibility index (Phi) is 8.47. The van der Waals surface area contributed by atoms with Crippen LogP contribution in [0.1, 0.15) is 49.7 Å². The van der Waals surface area contributed by atoms with Crippen LogP contribution in [0.5, 0.6) is 0 Å². The Morgan fingerprint density at radius 3 is 1.38 bits per heavy atom. The highest BCUT2D eigenvalue weighted by atomic mass is 33.1. The summed E-state index contributed by atoms with van der Waals surface area (Å²) in [7, 11) is 3.00. The van der Waals surface area contributed by atoms with Gasteiger partial charge in [-0.1, -0.05) is 120 Å². The highest BCUT2D eigenvalue weighted by Crippen LogP contribution is 2.29. The zero-order chi connectivity index (χ0) is 23.9. The molecular formula is C30H30O2S2. The van der Waals surface area contributed by atoms with E-state index in [9.17, 15) is 9.59 Å². The van der Waals surface area contributed by atoms with Gasteiger partial charge in [-0.25, -0.2) is 0 Å². The van der Waals surface area contributed by atoms with Crippen LogP contribution < -0.4 is 0 Å². The third-order valence-corrected chi connectivity index (χ3v) is 8.53. The number of ketones is 2. The molecule has 0 saturated carbocycles. The van der Waals surface area contributed by atoms with E-state index < -0.39 is 0 Å². The molecule has 0 spiro atoms. The zero-order valence-corrected chi connectivity index (χ0v) is 21.3. The van der Waals surface area contributed by atoms with Crippen LogP contribution in [0.4, 0.5) is 0 Å². The van der Waals surface area contributed by atoms with Crippen molar-refractivity contribution in [1.29, 1.82) is 0 Å². The SMILES string of the molecule is C[C@@H](CC(=O)CSSCC(=O)C[C@H](C)c1ccc2ccccc2c1)c1ccc2ccccc2c1. The quantitative estimate of drug-likeness (QED) is 0.158. The van der Waals surface area contributed by atoms with Gasteiger partial charge in [0.15, 0.2) is 0 Å². The van der Waals surface area contributed by atoms with Crippen LogP contribution in [0.15, 0.2) is 84.9 Å². The van der Waals surface area contributed by atoms with Crippen LogP contribution in [0.25, 0.3) is 21.5 Å². The summed E-state index contributed by atoms with van der Waals surface area (Å²) in [6.45, 7) is 4.22. The molecule has 0 unspecified atom stereocenters. The molecule has 0 fully saturated rings. The van der Waals surface area contributed by atoms with E-state index in [0.717, 1.165) is 0 Å². The molecule has 2 nitrogen and oxygen atoms in total. The van der Waals surface area contributed by atoms with Gasteiger partial charge >= 0.3 is 0 Å². The van der Waals surface area contributed by atoms with Crippen molar-refractivity contribution in [2.24, 2.45) is 0 Å². The fraction of sp³-hybridized carbons (Fsp3) is 0.267. The van der Waals surface area contributed by atoms with Crippen LogP contribution in [0, 0.1) is 0 Å². The van der Waals surface area contributed by atoms with E-state index in [-0.39, 0.29) is 23.4 Å². The first-order chi connectivity index (χ1) is 16.5. The van der Waals surface area contributed by atoms with Crippen molar-refractivity contribution in [2.75, 3.05) is 11.5 Å². The first-order valence-corrected chi connectivity index (χ1v) is 14.2. The van der Waals surface area contributed by atoms with Gasteiger partial charge in [0.25, 0.3) is 0 Å². The van der Waals surface area contributed by atoms with Crippen LogP contribution in [0.2, 0.25) is 0 Å². The summed E-state index contributed by atoms with van der Waals surface area (Å²) < 4.78 is 0. The van der Waals surface area contributed by atoms with E-state index in [4.69, 9.17) is 0 Å². The zero-order valence-electron chi connectivity index (χ0n) is 19.7. The van der Waals surface area contributed by atoms with Crippen molar-refractivity contribution in [3.8, 4) is 0 Å². The predicted molar refractivity (Wildman–Crippen MR) is 149 cm³/mol. The molecule has 34 heavy (non-hydrogen) atoms. The second-order valence-corrected chi connectivity index (χ2v) is 11.5. The lowest BCUT2D eigenvalue weighted by molar-refractivity contribution is -0.117. The summed E-state index contributed by atoms with van der Waals surface area (Å²) in [6.07, 6.45) is 1.05. The molecule has 0 bridgehead atoms. The van der Waals surface area contributed by atoms with Gasteiger partial charge in [-0.05, 0) is 44.5 Å². The van der Waals surface area contributed by atoms with Gasteiger partial charge in [0.2, 0.25) is 0 Å². The standard InChI is InChI=1S/C30H30O2S2/c1-21(25-13-11-23-7-3-5-9-27(23)17-25)15-29(31)19-33-34-20-30(32)16-22(2)26-14-12-24-8-4-6-10-28(24)18-26/h3-14,17-18,21-22H,15-16,19-20H2,1-2H3/t21-,22-/m0/s1. The summed E-state index contributed by atoms with van der Waals surface area (Å²) in [5.74, 6) is 1.72. The van der Waals surface area contributed by atoms with E-state index in [0.29, 0.717) is 24.3 Å². The van der Waals surface area contributed by atoms with E-state index >= 15 is 0 Å². The first-order valence-electron chi connectivity index (χ1n) is 11.7. The van der Waals surface area contributed by atoms with Crippen LogP contribution in [-0.4, -0.2) is 23.1 Å². The third kappa shape index (κ3) is 6.52. The molecule has 0 radical (unpaired) electrons. The number of hydrogen-bond donors (Lipinski definition) is 0. The molecule has 174 valence electrons. The van der Waals surface area contributed by atoms with Crippen molar-refractivity contribution in [3.05, 3.63) is 96.1 Å². The molecule has 0 amide bonds.